The maximum atomic E-state index is 12.4. The zero-order chi connectivity index (χ0) is 9.84. The van der Waals surface area contributed by atoms with Crippen molar-refractivity contribution in [3.05, 3.63) is 34.9 Å². The van der Waals surface area contributed by atoms with Gasteiger partial charge in [-0.15, -0.1) is 0 Å². The summed E-state index contributed by atoms with van der Waals surface area (Å²) >= 11 is 0. The average molecular weight is 181 g/mol. The largest absolute Gasteiger partial charge is 0.264 e. The van der Waals surface area contributed by atoms with Gasteiger partial charge in [0.05, 0.1) is 12.5 Å². The molecule has 0 unspecified atom stereocenters. The van der Waals surface area contributed by atoms with Gasteiger partial charge in [-0.25, -0.2) is 8.78 Å². The lowest BCUT2D eigenvalue weighted by molar-refractivity contribution is 0.150. The molecule has 0 radical (unpaired) electrons. The Kier molecular flexibility index (Phi) is 2.97. The third kappa shape index (κ3) is 2.25. The van der Waals surface area contributed by atoms with Crippen molar-refractivity contribution in [3.8, 4) is 6.07 Å². The Labute approximate surface area is 75.6 Å². The van der Waals surface area contributed by atoms with E-state index in [2.05, 4.69) is 0 Å². The van der Waals surface area contributed by atoms with Crippen LogP contribution in [0.15, 0.2) is 18.2 Å². The van der Waals surface area contributed by atoms with Crippen LogP contribution in [0.2, 0.25) is 0 Å². The van der Waals surface area contributed by atoms with Crippen LogP contribution in [0.4, 0.5) is 8.78 Å². The molecule has 0 saturated carbocycles. The highest BCUT2D eigenvalue weighted by Crippen LogP contribution is 2.23. The van der Waals surface area contributed by atoms with Crippen LogP contribution in [0.25, 0.3) is 0 Å². The van der Waals surface area contributed by atoms with Gasteiger partial charge in [-0.3, -0.25) is 0 Å². The van der Waals surface area contributed by atoms with Crippen molar-refractivity contribution >= 4 is 0 Å². The molecule has 0 aliphatic heterocycles. The van der Waals surface area contributed by atoms with Gasteiger partial charge in [0.2, 0.25) is 0 Å². The van der Waals surface area contributed by atoms with Crippen LogP contribution in [0.3, 0.4) is 0 Å². The van der Waals surface area contributed by atoms with Crippen LogP contribution in [-0.2, 0) is 6.42 Å². The third-order valence-corrected chi connectivity index (χ3v) is 1.86. The molecule has 1 nitrogen and oxygen atoms in total. The summed E-state index contributed by atoms with van der Waals surface area (Å²) in [5.74, 6) is 0. The van der Waals surface area contributed by atoms with Crippen LogP contribution >= 0.6 is 0 Å². The molecule has 1 aromatic carbocycles. The first-order valence-corrected chi connectivity index (χ1v) is 3.89. The molecular formula is C10H9F2N. The predicted octanol–water partition coefficient (Wildman–Crippen LogP) is 3.00. The molecule has 1 rings (SSSR count). The smallest absolute Gasteiger partial charge is 0.205 e. The average Bonchev–Trinajstić information content (AvgIpc) is 2.08. The molecule has 0 aromatic heterocycles. The van der Waals surface area contributed by atoms with Crippen molar-refractivity contribution in [1.82, 2.24) is 0 Å². The third-order valence-electron chi connectivity index (χ3n) is 1.86. The van der Waals surface area contributed by atoms with Gasteiger partial charge in [-0.2, -0.15) is 5.26 Å². The highest BCUT2D eigenvalue weighted by Gasteiger charge is 2.10. The predicted molar refractivity (Wildman–Crippen MR) is 45.5 cm³/mol. The molecule has 0 fully saturated rings. The quantitative estimate of drug-likeness (QED) is 0.688. The molecule has 0 bridgehead atoms. The lowest BCUT2D eigenvalue weighted by atomic mass is 10.0. The first-order chi connectivity index (χ1) is 6.15. The van der Waals surface area contributed by atoms with Crippen molar-refractivity contribution in [2.24, 2.45) is 0 Å². The molecule has 3 heteroatoms. The minimum Gasteiger partial charge on any atom is -0.205 e. The summed E-state index contributed by atoms with van der Waals surface area (Å²) in [6, 6.07) is 6.63. The van der Waals surface area contributed by atoms with Crippen molar-refractivity contribution in [2.45, 2.75) is 19.8 Å². The molecule has 13 heavy (non-hydrogen) atoms. The molecule has 1 aromatic rings. The minimum absolute atomic E-state index is 0.0211. The Morgan fingerprint density at radius 1 is 1.46 bits per heavy atom. The van der Waals surface area contributed by atoms with Crippen molar-refractivity contribution in [2.75, 3.05) is 0 Å². The highest BCUT2D eigenvalue weighted by atomic mass is 19.3. The summed E-state index contributed by atoms with van der Waals surface area (Å²) in [4.78, 5) is 0. The fourth-order valence-corrected chi connectivity index (χ4v) is 1.13. The summed E-state index contributed by atoms with van der Waals surface area (Å²) < 4.78 is 24.7. The molecule has 0 aliphatic carbocycles. The van der Waals surface area contributed by atoms with Gasteiger partial charge in [0.1, 0.15) is 0 Å². The second-order valence-electron chi connectivity index (χ2n) is 2.83. The number of hydrogen-bond acceptors (Lipinski definition) is 1. The number of benzene rings is 1. The van der Waals surface area contributed by atoms with E-state index in [1.165, 1.54) is 6.07 Å². The van der Waals surface area contributed by atoms with E-state index in [1.54, 1.807) is 19.1 Å². The lowest BCUT2D eigenvalue weighted by Crippen LogP contribution is -1.92. The van der Waals surface area contributed by atoms with Crippen LogP contribution in [0, 0.1) is 18.3 Å². The molecule has 0 saturated heterocycles. The summed E-state index contributed by atoms with van der Waals surface area (Å²) in [6.07, 6.45) is -2.28. The Bertz CT molecular complexity index is 339. The van der Waals surface area contributed by atoms with Gasteiger partial charge in [0.15, 0.2) is 0 Å². The minimum atomic E-state index is -2.46. The second kappa shape index (κ2) is 3.99. The molecule has 0 N–H and O–H groups in total. The number of hydrogen-bond donors (Lipinski definition) is 0. The first kappa shape index (κ1) is 9.66. The second-order valence-corrected chi connectivity index (χ2v) is 2.83. The number of halogens is 2. The zero-order valence-corrected chi connectivity index (χ0v) is 7.22. The van der Waals surface area contributed by atoms with Crippen molar-refractivity contribution < 1.29 is 8.78 Å². The molecule has 0 spiro atoms. The standard InChI is InChI=1S/C10H9F2N/c1-7-2-3-8(4-5-13)6-9(7)10(11)12/h2-3,6,10H,4H2,1H3. The van der Waals surface area contributed by atoms with Gasteiger partial charge in [0, 0.05) is 5.56 Å². The van der Waals surface area contributed by atoms with E-state index in [0.717, 1.165) is 0 Å². The van der Waals surface area contributed by atoms with Crippen molar-refractivity contribution in [3.63, 3.8) is 0 Å². The SMILES string of the molecule is Cc1ccc(CC#N)cc1C(F)F. The number of nitriles is 1. The van der Waals surface area contributed by atoms with Crippen LogP contribution in [0.1, 0.15) is 23.1 Å². The van der Waals surface area contributed by atoms with Gasteiger partial charge in [-0.1, -0.05) is 12.1 Å². The van der Waals surface area contributed by atoms with E-state index in [9.17, 15) is 8.78 Å². The Morgan fingerprint density at radius 2 is 2.15 bits per heavy atom. The summed E-state index contributed by atoms with van der Waals surface area (Å²) in [7, 11) is 0. The van der Waals surface area contributed by atoms with Gasteiger partial charge < -0.3 is 0 Å². The van der Waals surface area contributed by atoms with E-state index < -0.39 is 6.43 Å². The van der Waals surface area contributed by atoms with E-state index in [1.807, 2.05) is 6.07 Å². The molecular weight excluding hydrogens is 172 g/mol. The monoisotopic (exact) mass is 181 g/mol. The normalized spacial score (nSPS) is 10.1. The van der Waals surface area contributed by atoms with Crippen LogP contribution in [-0.4, -0.2) is 0 Å². The molecule has 0 aliphatic rings. The molecule has 68 valence electrons. The van der Waals surface area contributed by atoms with Crippen molar-refractivity contribution in [1.29, 1.82) is 5.26 Å². The molecule has 0 amide bonds. The van der Waals surface area contributed by atoms with E-state index in [-0.39, 0.29) is 12.0 Å². The Hall–Kier alpha value is -1.43. The zero-order valence-electron chi connectivity index (χ0n) is 7.22. The van der Waals surface area contributed by atoms with Gasteiger partial charge in [-0.05, 0) is 24.1 Å². The number of nitrogens with zero attached hydrogens (tertiary/aromatic N) is 1. The van der Waals surface area contributed by atoms with Crippen LogP contribution < -0.4 is 0 Å². The lowest BCUT2D eigenvalue weighted by Gasteiger charge is -2.05. The maximum Gasteiger partial charge on any atom is 0.264 e. The first-order valence-electron chi connectivity index (χ1n) is 3.89. The van der Waals surface area contributed by atoms with Crippen LogP contribution in [0.5, 0.6) is 0 Å². The fraction of sp³-hybridized carbons (Fsp3) is 0.300. The van der Waals surface area contributed by atoms with E-state index in [0.29, 0.717) is 11.1 Å². The van der Waals surface area contributed by atoms with Gasteiger partial charge in [0.25, 0.3) is 6.43 Å². The fourth-order valence-electron chi connectivity index (χ4n) is 1.13. The molecule has 0 heterocycles. The Morgan fingerprint density at radius 3 is 2.69 bits per heavy atom. The summed E-state index contributed by atoms with van der Waals surface area (Å²) in [6.45, 7) is 1.64. The topological polar surface area (TPSA) is 23.8 Å². The number of alkyl halides is 2. The number of rotatable bonds is 2. The summed E-state index contributed by atoms with van der Waals surface area (Å²) in [5.41, 5.74) is 1.23. The molecule has 0 atom stereocenters. The Balaban J connectivity index is 3.05. The van der Waals surface area contributed by atoms with Gasteiger partial charge >= 0.3 is 0 Å². The highest BCUT2D eigenvalue weighted by molar-refractivity contribution is 5.33. The van der Waals surface area contributed by atoms with E-state index >= 15 is 0 Å². The number of aryl methyl sites for hydroxylation is 1. The van der Waals surface area contributed by atoms with E-state index in [4.69, 9.17) is 5.26 Å². The maximum absolute atomic E-state index is 12.4. The summed E-state index contributed by atoms with van der Waals surface area (Å²) in [5, 5.41) is 8.38.